The highest BCUT2D eigenvalue weighted by Crippen LogP contribution is 2.19. The van der Waals surface area contributed by atoms with E-state index in [4.69, 9.17) is 11.1 Å². The zero-order valence-electron chi connectivity index (χ0n) is 6.86. The number of nitrogens with zero attached hydrogens (tertiary/aromatic N) is 1. The van der Waals surface area contributed by atoms with Crippen LogP contribution in [0.15, 0.2) is 0 Å². The van der Waals surface area contributed by atoms with Gasteiger partial charge in [-0.25, -0.2) is 0 Å². The van der Waals surface area contributed by atoms with Crippen LogP contribution >= 0.6 is 11.1 Å². The van der Waals surface area contributed by atoms with E-state index in [1.807, 2.05) is 0 Å². The molecule has 1 saturated heterocycles. The van der Waals surface area contributed by atoms with Crippen LogP contribution in [0.1, 0.15) is 19.3 Å². The predicted octanol–water partition coefficient (Wildman–Crippen LogP) is 2.41. The third-order valence-electron chi connectivity index (χ3n) is 2.11. The molecule has 1 heterocycles. The molecule has 1 fully saturated rings. The Balaban J connectivity index is 2.39. The lowest BCUT2D eigenvalue weighted by atomic mass is 10.2. The monoisotopic (exact) mass is 177 g/mol. The second-order valence-electron chi connectivity index (χ2n) is 3.46. The minimum atomic E-state index is -1.45. The molecule has 3 heteroatoms. The van der Waals surface area contributed by atoms with Gasteiger partial charge in [-0.05, 0) is 39.0 Å². The first kappa shape index (κ1) is 8.56. The van der Waals surface area contributed by atoms with E-state index in [1.165, 1.54) is 32.4 Å². The lowest BCUT2D eigenvalue weighted by Crippen LogP contribution is -2.46. The van der Waals surface area contributed by atoms with Crippen LogP contribution < -0.4 is 0 Å². The van der Waals surface area contributed by atoms with Gasteiger partial charge in [-0.15, -0.1) is 11.1 Å². The Kier molecular flexibility index (Phi) is 2.78. The number of hydrogen-bond donors (Lipinski definition) is 0. The second-order valence-corrected chi connectivity index (χ2v) is 9.68. The van der Waals surface area contributed by atoms with Gasteiger partial charge in [-0.1, -0.05) is 6.42 Å². The quantitative estimate of drug-likeness (QED) is 0.439. The zero-order chi connectivity index (χ0) is 7.61. The number of halogens is 1. The summed E-state index contributed by atoms with van der Waals surface area (Å²) in [5.74, 6) is 0. The van der Waals surface area contributed by atoms with Gasteiger partial charge in [0.15, 0.2) is 0 Å². The molecule has 1 aliphatic heterocycles. The van der Waals surface area contributed by atoms with Crippen LogP contribution in [0.5, 0.6) is 0 Å². The van der Waals surface area contributed by atoms with E-state index in [0.29, 0.717) is 0 Å². The minimum Gasteiger partial charge on any atom is -0.312 e. The molecule has 1 aliphatic rings. The second kappa shape index (κ2) is 3.24. The fourth-order valence-electron chi connectivity index (χ4n) is 1.43. The smallest absolute Gasteiger partial charge is 0.223 e. The molecule has 0 spiro atoms. The largest absolute Gasteiger partial charge is 0.312 e. The van der Waals surface area contributed by atoms with Crippen molar-refractivity contribution >= 4 is 18.6 Å². The minimum absolute atomic E-state index is 1.24. The summed E-state index contributed by atoms with van der Waals surface area (Å²) in [5.41, 5.74) is 0. The van der Waals surface area contributed by atoms with Crippen LogP contribution in [-0.2, 0) is 0 Å². The summed E-state index contributed by atoms with van der Waals surface area (Å²) in [6.45, 7) is 6.89. The van der Waals surface area contributed by atoms with Gasteiger partial charge in [0, 0.05) is 0 Å². The predicted molar refractivity (Wildman–Crippen MR) is 48.8 cm³/mol. The summed E-state index contributed by atoms with van der Waals surface area (Å²) in [5, 5.41) is 0. The van der Waals surface area contributed by atoms with Gasteiger partial charge in [0.1, 0.15) is 0 Å². The molecule has 60 valence electrons. The topological polar surface area (TPSA) is 3.24 Å². The van der Waals surface area contributed by atoms with E-state index in [9.17, 15) is 0 Å². The maximum atomic E-state index is 6.28. The van der Waals surface area contributed by atoms with Crippen molar-refractivity contribution in [1.29, 1.82) is 0 Å². The summed E-state index contributed by atoms with van der Waals surface area (Å²) in [7, 11) is -1.45. The van der Waals surface area contributed by atoms with Gasteiger partial charge in [0.05, 0.1) is 0 Å². The Morgan fingerprint density at radius 1 is 1.10 bits per heavy atom. The van der Waals surface area contributed by atoms with Gasteiger partial charge < -0.3 is 4.57 Å². The molecule has 0 saturated carbocycles. The van der Waals surface area contributed by atoms with Crippen LogP contribution in [0.4, 0.5) is 0 Å². The first-order valence-electron chi connectivity index (χ1n) is 4.05. The van der Waals surface area contributed by atoms with Crippen LogP contribution in [0, 0.1) is 0 Å². The fraction of sp³-hybridized carbons (Fsp3) is 1.00. The number of rotatable bonds is 1. The molecule has 10 heavy (non-hydrogen) atoms. The highest BCUT2D eigenvalue weighted by atomic mass is 35.6. The molecule has 0 amide bonds. The SMILES string of the molecule is C[Si](C)(Cl)N1CCCCC1. The first-order chi connectivity index (χ1) is 4.61. The third-order valence-corrected chi connectivity index (χ3v) is 4.78. The Bertz CT molecular complexity index is 105. The Morgan fingerprint density at radius 3 is 1.90 bits per heavy atom. The first-order valence-corrected chi connectivity index (χ1v) is 8.00. The highest BCUT2D eigenvalue weighted by molar-refractivity contribution is 7.17. The van der Waals surface area contributed by atoms with Crippen LogP contribution in [0.3, 0.4) is 0 Å². The third kappa shape index (κ3) is 2.26. The van der Waals surface area contributed by atoms with E-state index >= 15 is 0 Å². The lowest BCUT2D eigenvalue weighted by Gasteiger charge is -2.34. The summed E-state index contributed by atoms with van der Waals surface area (Å²) in [4.78, 5) is 0. The molecule has 1 rings (SSSR count). The van der Waals surface area contributed by atoms with Crippen molar-refractivity contribution in [3.05, 3.63) is 0 Å². The van der Waals surface area contributed by atoms with E-state index in [1.54, 1.807) is 0 Å². The lowest BCUT2D eigenvalue weighted by molar-refractivity contribution is 0.351. The normalized spacial score (nSPS) is 23.1. The molecule has 0 bridgehead atoms. The molecule has 0 aliphatic carbocycles. The Morgan fingerprint density at radius 2 is 1.60 bits per heavy atom. The molecule has 0 atom stereocenters. The molecule has 0 aromatic heterocycles. The van der Waals surface area contributed by atoms with E-state index in [0.717, 1.165) is 0 Å². The average Bonchev–Trinajstić information content (AvgIpc) is 1.88. The molecular formula is C7H16ClNSi. The number of hydrogen-bond acceptors (Lipinski definition) is 1. The summed E-state index contributed by atoms with van der Waals surface area (Å²) in [6, 6.07) is 0. The maximum absolute atomic E-state index is 6.28. The van der Waals surface area contributed by atoms with Crippen LogP contribution in [0.25, 0.3) is 0 Å². The van der Waals surface area contributed by atoms with E-state index in [-0.39, 0.29) is 0 Å². The molecule has 0 unspecified atom stereocenters. The maximum Gasteiger partial charge on any atom is 0.223 e. The molecular weight excluding hydrogens is 162 g/mol. The molecule has 1 nitrogen and oxygen atoms in total. The summed E-state index contributed by atoms with van der Waals surface area (Å²) < 4.78 is 2.48. The Labute approximate surface area is 69.2 Å². The van der Waals surface area contributed by atoms with Crippen molar-refractivity contribution in [3.8, 4) is 0 Å². The van der Waals surface area contributed by atoms with Crippen molar-refractivity contribution in [2.45, 2.75) is 32.4 Å². The summed E-state index contributed by atoms with van der Waals surface area (Å²) >= 11 is 6.28. The molecule has 0 radical (unpaired) electrons. The standard InChI is InChI=1S/C7H16ClNSi/c1-10(2,8)9-6-4-3-5-7-9/h3-7H2,1-2H3. The van der Waals surface area contributed by atoms with Crippen LogP contribution in [-0.4, -0.2) is 25.2 Å². The van der Waals surface area contributed by atoms with Crippen molar-refractivity contribution in [2.75, 3.05) is 13.1 Å². The molecule has 0 aromatic carbocycles. The van der Waals surface area contributed by atoms with Crippen molar-refractivity contribution in [2.24, 2.45) is 0 Å². The van der Waals surface area contributed by atoms with Crippen molar-refractivity contribution < 1.29 is 0 Å². The van der Waals surface area contributed by atoms with E-state index < -0.39 is 7.55 Å². The highest BCUT2D eigenvalue weighted by Gasteiger charge is 2.27. The van der Waals surface area contributed by atoms with Crippen molar-refractivity contribution in [1.82, 2.24) is 4.57 Å². The van der Waals surface area contributed by atoms with Crippen LogP contribution in [0.2, 0.25) is 13.1 Å². The molecule has 0 N–H and O–H groups in total. The summed E-state index contributed by atoms with van der Waals surface area (Å²) in [6.07, 6.45) is 4.10. The van der Waals surface area contributed by atoms with Gasteiger partial charge in [0.2, 0.25) is 7.55 Å². The van der Waals surface area contributed by atoms with Gasteiger partial charge in [0.25, 0.3) is 0 Å². The number of piperidine rings is 1. The van der Waals surface area contributed by atoms with Crippen molar-refractivity contribution in [3.63, 3.8) is 0 Å². The Hall–Kier alpha value is 0.467. The van der Waals surface area contributed by atoms with Gasteiger partial charge >= 0.3 is 0 Å². The van der Waals surface area contributed by atoms with Gasteiger partial charge in [-0.3, -0.25) is 0 Å². The van der Waals surface area contributed by atoms with E-state index in [2.05, 4.69) is 17.7 Å². The molecule has 0 aromatic rings. The fourth-order valence-corrected chi connectivity index (χ4v) is 3.31. The average molecular weight is 178 g/mol. The zero-order valence-corrected chi connectivity index (χ0v) is 8.62. The van der Waals surface area contributed by atoms with Gasteiger partial charge in [-0.2, -0.15) is 0 Å².